The van der Waals surface area contributed by atoms with E-state index in [1.165, 1.54) is 0 Å². The van der Waals surface area contributed by atoms with E-state index in [9.17, 15) is 4.79 Å². The largest absolute Gasteiger partial charge is 0.471 e. The van der Waals surface area contributed by atoms with Gasteiger partial charge in [-0.05, 0) is 31.0 Å². The summed E-state index contributed by atoms with van der Waals surface area (Å²) in [5, 5.41) is 7.77. The fraction of sp³-hybridized carbons (Fsp3) is 0.333. The van der Waals surface area contributed by atoms with Gasteiger partial charge in [0.2, 0.25) is 11.8 Å². The lowest BCUT2D eigenvalue weighted by molar-refractivity contribution is -0.134. The maximum absolute atomic E-state index is 12.7. The van der Waals surface area contributed by atoms with E-state index in [-0.39, 0.29) is 12.0 Å². The quantitative estimate of drug-likeness (QED) is 0.727. The van der Waals surface area contributed by atoms with E-state index in [1.807, 2.05) is 33.7 Å². The molecule has 25 heavy (non-hydrogen) atoms. The molecule has 0 unspecified atom stereocenters. The number of hydrogen-bond acceptors (Lipinski definition) is 5. The summed E-state index contributed by atoms with van der Waals surface area (Å²) in [6.07, 6.45) is 5.11. The van der Waals surface area contributed by atoms with Crippen molar-refractivity contribution >= 4 is 16.9 Å². The highest BCUT2D eigenvalue weighted by atomic mass is 16.5. The predicted octanol–water partition coefficient (Wildman–Crippen LogP) is 1.90. The lowest BCUT2D eigenvalue weighted by Crippen LogP contribution is -2.45. The number of aromatic nitrogens is 4. The maximum Gasteiger partial charge on any atom is 0.242 e. The zero-order chi connectivity index (χ0) is 17.1. The van der Waals surface area contributed by atoms with Gasteiger partial charge in [-0.2, -0.15) is 5.10 Å². The van der Waals surface area contributed by atoms with Gasteiger partial charge in [0.15, 0.2) is 0 Å². The highest BCUT2D eigenvalue weighted by Crippen LogP contribution is 2.17. The molecule has 3 heterocycles. The number of benzene rings is 1. The third-order valence-corrected chi connectivity index (χ3v) is 4.40. The molecule has 0 aliphatic carbocycles. The average molecular weight is 337 g/mol. The van der Waals surface area contributed by atoms with Crippen LogP contribution in [0, 0.1) is 0 Å². The van der Waals surface area contributed by atoms with Crippen molar-refractivity contribution in [3.05, 3.63) is 48.9 Å². The summed E-state index contributed by atoms with van der Waals surface area (Å²) >= 11 is 0. The Labute approximate surface area is 145 Å². The summed E-state index contributed by atoms with van der Waals surface area (Å²) in [4.78, 5) is 18.9. The first-order valence-electron chi connectivity index (χ1n) is 8.41. The molecule has 1 saturated heterocycles. The molecule has 128 valence electrons. The van der Waals surface area contributed by atoms with Crippen LogP contribution in [0.3, 0.4) is 0 Å². The van der Waals surface area contributed by atoms with Crippen molar-refractivity contribution in [1.29, 1.82) is 0 Å². The van der Waals surface area contributed by atoms with Crippen LogP contribution in [-0.2, 0) is 11.3 Å². The van der Waals surface area contributed by atoms with Crippen LogP contribution in [0.4, 0.5) is 0 Å². The van der Waals surface area contributed by atoms with Crippen LogP contribution in [0.2, 0.25) is 0 Å². The summed E-state index contributed by atoms with van der Waals surface area (Å²) in [7, 11) is 0. The van der Waals surface area contributed by atoms with Gasteiger partial charge in [-0.1, -0.05) is 12.1 Å². The van der Waals surface area contributed by atoms with Crippen molar-refractivity contribution in [2.45, 2.75) is 25.5 Å². The second-order valence-electron chi connectivity index (χ2n) is 6.14. The summed E-state index contributed by atoms with van der Waals surface area (Å²) in [6.45, 7) is 1.62. The van der Waals surface area contributed by atoms with Crippen molar-refractivity contribution in [3.8, 4) is 5.88 Å². The standard InChI is InChI=1S/C18H19N5O2/c24-18(12-23-13-19-15-6-1-2-7-16(15)23)22-10-4-5-14(11-22)25-17-8-3-9-20-21-17/h1-3,6-9,13-14H,4-5,10-12H2/t14-/m1/s1. The van der Waals surface area contributed by atoms with Crippen molar-refractivity contribution < 1.29 is 9.53 Å². The number of carbonyl (C=O) groups excluding carboxylic acids is 1. The second-order valence-corrected chi connectivity index (χ2v) is 6.14. The first-order valence-corrected chi connectivity index (χ1v) is 8.41. The number of piperidine rings is 1. The van der Waals surface area contributed by atoms with Gasteiger partial charge in [-0.25, -0.2) is 4.98 Å². The number of imidazole rings is 1. The van der Waals surface area contributed by atoms with E-state index < -0.39 is 0 Å². The van der Waals surface area contributed by atoms with Crippen molar-refractivity contribution in [1.82, 2.24) is 24.6 Å². The number of amides is 1. The molecule has 3 aromatic rings. The number of ether oxygens (including phenoxy) is 1. The third-order valence-electron chi connectivity index (χ3n) is 4.40. The molecule has 0 radical (unpaired) electrons. The van der Waals surface area contributed by atoms with E-state index >= 15 is 0 Å². The van der Waals surface area contributed by atoms with Gasteiger partial charge in [0.1, 0.15) is 12.6 Å². The summed E-state index contributed by atoms with van der Waals surface area (Å²) in [5.41, 5.74) is 1.87. The highest BCUT2D eigenvalue weighted by Gasteiger charge is 2.25. The van der Waals surface area contributed by atoms with Crippen LogP contribution in [0.1, 0.15) is 12.8 Å². The summed E-state index contributed by atoms with van der Waals surface area (Å²) in [5.74, 6) is 0.581. The smallest absolute Gasteiger partial charge is 0.242 e. The molecule has 0 bridgehead atoms. The van der Waals surface area contributed by atoms with Crippen LogP contribution < -0.4 is 4.74 Å². The summed E-state index contributed by atoms with van der Waals surface area (Å²) < 4.78 is 7.75. The van der Waals surface area contributed by atoms with Gasteiger partial charge in [0.25, 0.3) is 0 Å². The van der Waals surface area contributed by atoms with Crippen molar-refractivity contribution in [2.75, 3.05) is 13.1 Å². The van der Waals surface area contributed by atoms with E-state index in [1.54, 1.807) is 24.7 Å². The Morgan fingerprint density at radius 3 is 3.04 bits per heavy atom. The fourth-order valence-corrected chi connectivity index (χ4v) is 3.16. The molecular weight excluding hydrogens is 318 g/mol. The summed E-state index contributed by atoms with van der Waals surface area (Å²) in [6, 6.07) is 11.4. The van der Waals surface area contributed by atoms with Gasteiger partial charge in [0, 0.05) is 18.8 Å². The van der Waals surface area contributed by atoms with Gasteiger partial charge < -0.3 is 14.2 Å². The van der Waals surface area contributed by atoms with Crippen molar-refractivity contribution in [2.24, 2.45) is 0 Å². The number of para-hydroxylation sites is 2. The Morgan fingerprint density at radius 2 is 2.16 bits per heavy atom. The van der Waals surface area contributed by atoms with Gasteiger partial charge in [-0.15, -0.1) is 5.10 Å². The topological polar surface area (TPSA) is 73.1 Å². The molecule has 1 aromatic carbocycles. The lowest BCUT2D eigenvalue weighted by atomic mass is 10.1. The number of carbonyl (C=O) groups is 1. The molecule has 0 saturated carbocycles. The monoisotopic (exact) mass is 337 g/mol. The van der Waals surface area contributed by atoms with Crippen LogP contribution in [-0.4, -0.2) is 49.7 Å². The molecule has 7 heteroatoms. The normalized spacial score (nSPS) is 17.6. The van der Waals surface area contributed by atoms with Crippen LogP contribution in [0.5, 0.6) is 5.88 Å². The zero-order valence-electron chi connectivity index (χ0n) is 13.8. The van der Waals surface area contributed by atoms with Gasteiger partial charge in [-0.3, -0.25) is 4.79 Å². The van der Waals surface area contributed by atoms with E-state index in [0.717, 1.165) is 30.4 Å². The molecule has 0 spiro atoms. The number of nitrogens with zero attached hydrogens (tertiary/aromatic N) is 5. The Morgan fingerprint density at radius 1 is 1.24 bits per heavy atom. The number of likely N-dealkylation sites (tertiary alicyclic amines) is 1. The molecule has 7 nitrogen and oxygen atoms in total. The lowest BCUT2D eigenvalue weighted by Gasteiger charge is -2.32. The Kier molecular flexibility index (Phi) is 4.28. The fourth-order valence-electron chi connectivity index (χ4n) is 3.16. The number of hydrogen-bond donors (Lipinski definition) is 0. The first kappa shape index (κ1) is 15.6. The molecule has 1 aliphatic heterocycles. The Balaban J connectivity index is 1.41. The van der Waals surface area contributed by atoms with Crippen LogP contribution in [0.25, 0.3) is 11.0 Å². The van der Waals surface area contributed by atoms with Crippen LogP contribution >= 0.6 is 0 Å². The predicted molar refractivity (Wildman–Crippen MR) is 92.0 cm³/mol. The molecule has 1 amide bonds. The molecule has 2 aromatic heterocycles. The molecule has 1 atom stereocenters. The molecular formula is C18H19N5O2. The molecule has 1 fully saturated rings. The molecule has 1 aliphatic rings. The third kappa shape index (κ3) is 3.45. The molecule has 0 N–H and O–H groups in total. The number of rotatable bonds is 4. The highest BCUT2D eigenvalue weighted by molar-refractivity contribution is 5.80. The van der Waals surface area contributed by atoms with Crippen molar-refractivity contribution in [3.63, 3.8) is 0 Å². The van der Waals surface area contributed by atoms with E-state index in [2.05, 4.69) is 15.2 Å². The van der Waals surface area contributed by atoms with E-state index in [4.69, 9.17) is 4.74 Å². The minimum absolute atomic E-state index is 0.0473. The molecule has 4 rings (SSSR count). The maximum atomic E-state index is 12.7. The Hall–Kier alpha value is -2.96. The van der Waals surface area contributed by atoms with Crippen LogP contribution in [0.15, 0.2) is 48.9 Å². The van der Waals surface area contributed by atoms with E-state index in [0.29, 0.717) is 19.0 Å². The first-order chi connectivity index (χ1) is 12.3. The minimum Gasteiger partial charge on any atom is -0.471 e. The minimum atomic E-state index is -0.0473. The second kappa shape index (κ2) is 6.88. The van der Waals surface area contributed by atoms with Gasteiger partial charge in [0.05, 0.1) is 23.9 Å². The SMILES string of the molecule is O=C(Cn1cnc2ccccc21)N1CCC[C@@H](Oc2cccnn2)C1. The number of fused-ring (bicyclic) bond motifs is 1. The Bertz CT molecular complexity index is 864. The van der Waals surface area contributed by atoms with Gasteiger partial charge >= 0.3 is 0 Å². The average Bonchev–Trinajstić information content (AvgIpc) is 3.06. The zero-order valence-corrected chi connectivity index (χ0v) is 13.8.